The number of para-hydroxylation sites is 1. The van der Waals surface area contributed by atoms with E-state index in [1.54, 1.807) is 37.4 Å². The largest absolute Gasteiger partial charge is 0.497 e. The molecule has 148 valence electrons. The second-order valence-corrected chi connectivity index (χ2v) is 7.11. The van der Waals surface area contributed by atoms with E-state index in [0.29, 0.717) is 28.6 Å². The zero-order valence-electron chi connectivity index (χ0n) is 16.1. The molecule has 1 heterocycles. The Balaban J connectivity index is 1.80. The van der Waals surface area contributed by atoms with Gasteiger partial charge in [0, 0.05) is 23.1 Å². The summed E-state index contributed by atoms with van der Waals surface area (Å²) < 4.78 is 25.5. The standard InChI is InChI=1S/C23H20ClFN2O2/c1-28-17-11-12-18(23(13-17)29-2)22-14-20(15-7-9-16(24)10-8-15)26-27(22)21-6-4-3-5-19(21)25/h3-13,22H,14H2,1-2H3/t22-/m1/s1. The summed E-state index contributed by atoms with van der Waals surface area (Å²) in [7, 11) is 3.22. The molecule has 0 saturated heterocycles. The Hall–Kier alpha value is -3.05. The topological polar surface area (TPSA) is 34.1 Å². The minimum atomic E-state index is -0.328. The van der Waals surface area contributed by atoms with Crippen LogP contribution in [0.2, 0.25) is 5.02 Å². The van der Waals surface area contributed by atoms with Crippen LogP contribution in [0.1, 0.15) is 23.6 Å². The maximum atomic E-state index is 14.6. The Morgan fingerprint density at radius 1 is 1.00 bits per heavy atom. The summed E-state index contributed by atoms with van der Waals surface area (Å²) in [4.78, 5) is 0. The molecule has 0 fully saturated rings. The van der Waals surface area contributed by atoms with Crippen LogP contribution in [0.5, 0.6) is 11.5 Å². The van der Waals surface area contributed by atoms with Gasteiger partial charge in [0.1, 0.15) is 17.3 Å². The van der Waals surface area contributed by atoms with E-state index in [-0.39, 0.29) is 11.9 Å². The number of ether oxygens (including phenoxy) is 2. The van der Waals surface area contributed by atoms with E-state index in [0.717, 1.165) is 16.8 Å². The first kappa shape index (κ1) is 19.3. The first-order chi connectivity index (χ1) is 14.1. The van der Waals surface area contributed by atoms with Gasteiger partial charge in [0.05, 0.1) is 31.7 Å². The summed E-state index contributed by atoms with van der Waals surface area (Å²) >= 11 is 6.03. The number of nitrogens with zero attached hydrogens (tertiary/aromatic N) is 2. The molecule has 1 aliphatic rings. The van der Waals surface area contributed by atoms with Crippen LogP contribution < -0.4 is 14.5 Å². The van der Waals surface area contributed by atoms with Gasteiger partial charge in [0.15, 0.2) is 0 Å². The highest BCUT2D eigenvalue weighted by Gasteiger charge is 2.33. The van der Waals surface area contributed by atoms with Crippen LogP contribution in [-0.2, 0) is 0 Å². The summed E-state index contributed by atoms with van der Waals surface area (Å²) in [6.07, 6.45) is 0.596. The molecule has 1 atom stereocenters. The molecule has 0 saturated carbocycles. The third-order valence-corrected chi connectivity index (χ3v) is 5.24. The Kier molecular flexibility index (Phi) is 5.41. The van der Waals surface area contributed by atoms with Crippen LogP contribution in [0, 0.1) is 5.82 Å². The van der Waals surface area contributed by atoms with Gasteiger partial charge in [-0.3, -0.25) is 5.01 Å². The van der Waals surface area contributed by atoms with Gasteiger partial charge in [-0.25, -0.2) is 4.39 Å². The predicted octanol–water partition coefficient (Wildman–Crippen LogP) is 5.85. The second kappa shape index (κ2) is 8.13. The van der Waals surface area contributed by atoms with Gasteiger partial charge in [-0.15, -0.1) is 0 Å². The number of methoxy groups -OCH3 is 2. The molecule has 0 amide bonds. The van der Waals surface area contributed by atoms with Crippen LogP contribution >= 0.6 is 11.6 Å². The zero-order chi connectivity index (χ0) is 20.4. The van der Waals surface area contributed by atoms with Crippen LogP contribution in [0.4, 0.5) is 10.1 Å². The van der Waals surface area contributed by atoms with Crippen molar-refractivity contribution in [1.29, 1.82) is 0 Å². The van der Waals surface area contributed by atoms with Crippen LogP contribution in [0.3, 0.4) is 0 Å². The molecule has 0 aromatic heterocycles. The van der Waals surface area contributed by atoms with E-state index in [4.69, 9.17) is 26.2 Å². The Morgan fingerprint density at radius 3 is 2.45 bits per heavy atom. The monoisotopic (exact) mass is 410 g/mol. The lowest BCUT2D eigenvalue weighted by molar-refractivity contribution is 0.388. The van der Waals surface area contributed by atoms with E-state index in [1.807, 2.05) is 42.5 Å². The fourth-order valence-corrected chi connectivity index (χ4v) is 3.65. The molecule has 1 aliphatic heterocycles. The summed E-state index contributed by atoms with van der Waals surface area (Å²) in [6, 6.07) is 19.6. The number of halogens is 2. The predicted molar refractivity (Wildman–Crippen MR) is 114 cm³/mol. The number of rotatable bonds is 5. The normalized spacial score (nSPS) is 15.9. The van der Waals surface area contributed by atoms with Gasteiger partial charge in [0.2, 0.25) is 0 Å². The first-order valence-electron chi connectivity index (χ1n) is 9.20. The highest BCUT2D eigenvalue weighted by atomic mass is 35.5. The van der Waals surface area contributed by atoms with Crippen molar-refractivity contribution in [3.05, 3.63) is 88.7 Å². The van der Waals surface area contributed by atoms with Crippen molar-refractivity contribution < 1.29 is 13.9 Å². The number of hydrazone groups is 1. The molecule has 4 nitrogen and oxygen atoms in total. The second-order valence-electron chi connectivity index (χ2n) is 6.68. The third-order valence-electron chi connectivity index (χ3n) is 4.99. The molecule has 29 heavy (non-hydrogen) atoms. The molecule has 0 spiro atoms. The summed E-state index contributed by atoms with van der Waals surface area (Å²) in [5.41, 5.74) is 3.13. The van der Waals surface area contributed by atoms with Crippen molar-refractivity contribution >= 4 is 23.0 Å². The van der Waals surface area contributed by atoms with Crippen molar-refractivity contribution in [2.24, 2.45) is 5.10 Å². The Morgan fingerprint density at radius 2 is 1.76 bits per heavy atom. The summed E-state index contributed by atoms with van der Waals surface area (Å²) in [5.74, 6) is 1.04. The number of hydrogen-bond acceptors (Lipinski definition) is 4. The SMILES string of the molecule is COc1ccc([C@H]2CC(c3ccc(Cl)cc3)=NN2c2ccccc2F)c(OC)c1. The highest BCUT2D eigenvalue weighted by molar-refractivity contribution is 6.30. The molecule has 0 radical (unpaired) electrons. The third kappa shape index (κ3) is 3.78. The quantitative estimate of drug-likeness (QED) is 0.529. The zero-order valence-corrected chi connectivity index (χ0v) is 16.9. The van der Waals surface area contributed by atoms with E-state index in [2.05, 4.69) is 0 Å². The van der Waals surface area contributed by atoms with E-state index in [1.165, 1.54) is 6.07 Å². The maximum Gasteiger partial charge on any atom is 0.148 e. The van der Waals surface area contributed by atoms with Gasteiger partial charge in [-0.05, 0) is 42.0 Å². The van der Waals surface area contributed by atoms with Gasteiger partial charge in [-0.2, -0.15) is 5.10 Å². The Bertz CT molecular complexity index is 1050. The molecule has 0 N–H and O–H groups in total. The first-order valence-corrected chi connectivity index (χ1v) is 9.57. The summed E-state index contributed by atoms with van der Waals surface area (Å²) in [6.45, 7) is 0. The van der Waals surface area contributed by atoms with E-state index < -0.39 is 0 Å². The van der Waals surface area contributed by atoms with Crippen molar-refractivity contribution in [3.63, 3.8) is 0 Å². The van der Waals surface area contributed by atoms with E-state index >= 15 is 0 Å². The Labute approximate surface area is 174 Å². The van der Waals surface area contributed by atoms with Gasteiger partial charge < -0.3 is 9.47 Å². The molecular formula is C23H20ClFN2O2. The van der Waals surface area contributed by atoms with Gasteiger partial charge in [0.25, 0.3) is 0 Å². The molecular weight excluding hydrogens is 391 g/mol. The molecule has 4 rings (SSSR count). The minimum Gasteiger partial charge on any atom is -0.497 e. The number of benzene rings is 3. The molecule has 3 aromatic rings. The van der Waals surface area contributed by atoms with Crippen LogP contribution in [0.15, 0.2) is 71.8 Å². The molecule has 0 bridgehead atoms. The van der Waals surface area contributed by atoms with Crippen molar-refractivity contribution in [3.8, 4) is 11.5 Å². The fraction of sp³-hybridized carbons (Fsp3) is 0.174. The maximum absolute atomic E-state index is 14.6. The van der Waals surface area contributed by atoms with Gasteiger partial charge >= 0.3 is 0 Å². The van der Waals surface area contributed by atoms with Crippen LogP contribution in [0.25, 0.3) is 0 Å². The average molecular weight is 411 g/mol. The fourth-order valence-electron chi connectivity index (χ4n) is 3.52. The molecule has 0 aliphatic carbocycles. The van der Waals surface area contributed by atoms with E-state index in [9.17, 15) is 4.39 Å². The smallest absolute Gasteiger partial charge is 0.148 e. The lowest BCUT2D eigenvalue weighted by Crippen LogP contribution is -2.20. The van der Waals surface area contributed by atoms with Crippen molar-refractivity contribution in [2.45, 2.75) is 12.5 Å². The molecule has 3 aromatic carbocycles. The highest BCUT2D eigenvalue weighted by Crippen LogP contribution is 2.42. The minimum absolute atomic E-state index is 0.224. The van der Waals surface area contributed by atoms with Crippen molar-refractivity contribution in [2.75, 3.05) is 19.2 Å². The average Bonchev–Trinajstić information content (AvgIpc) is 3.19. The molecule has 0 unspecified atom stereocenters. The van der Waals surface area contributed by atoms with Crippen LogP contribution in [-0.4, -0.2) is 19.9 Å². The summed E-state index contributed by atoms with van der Waals surface area (Å²) in [5, 5.41) is 7.16. The molecule has 6 heteroatoms. The number of hydrogen-bond donors (Lipinski definition) is 0. The van der Waals surface area contributed by atoms with Gasteiger partial charge in [-0.1, -0.05) is 35.9 Å². The lowest BCUT2D eigenvalue weighted by Gasteiger charge is -2.25. The number of anilines is 1. The van der Waals surface area contributed by atoms with Crippen molar-refractivity contribution in [1.82, 2.24) is 0 Å². The lowest BCUT2D eigenvalue weighted by atomic mass is 9.97.